The standard InChI is InChI=1S/C24H20N2O5/c1-30-24(29)13-4-2-12(3-5-13)19-9-6-14(31-19)11-25-26-22(27)20-15-7-8-16(18-10-17(15)18)21(20)23(26)28/h2-9,11,15-18,20-21H,10H2,1H3/b25-11-/t15-,16+,17-,18-,20+,21-/m1/s1. The third kappa shape index (κ3) is 2.65. The van der Waals surface area contributed by atoms with Gasteiger partial charge in [0, 0.05) is 5.56 Å². The third-order valence-electron chi connectivity index (χ3n) is 7.16. The number of imide groups is 1. The van der Waals surface area contributed by atoms with Crippen LogP contribution in [-0.4, -0.2) is 36.1 Å². The molecule has 0 unspecified atom stereocenters. The van der Waals surface area contributed by atoms with Gasteiger partial charge in [0.05, 0.1) is 30.7 Å². The zero-order valence-electron chi connectivity index (χ0n) is 16.8. The van der Waals surface area contributed by atoms with Crippen molar-refractivity contribution in [3.8, 4) is 11.3 Å². The molecule has 0 radical (unpaired) electrons. The van der Waals surface area contributed by atoms with Crippen molar-refractivity contribution in [2.75, 3.05) is 7.11 Å². The van der Waals surface area contributed by atoms with Crippen molar-refractivity contribution in [1.82, 2.24) is 5.01 Å². The summed E-state index contributed by atoms with van der Waals surface area (Å²) in [5, 5.41) is 5.24. The number of hydrogen-bond acceptors (Lipinski definition) is 6. The SMILES string of the molecule is COC(=O)c1ccc(-c2ccc(/C=N\N3C(=O)[C@@H]4[C@H]5C=C[C@H]([C@H]6C[C@H]56)[C@@H]4C3=O)o2)cc1. The van der Waals surface area contributed by atoms with E-state index in [4.69, 9.17) is 9.15 Å². The molecule has 3 fully saturated rings. The number of hydrogen-bond donors (Lipinski definition) is 0. The molecule has 2 aromatic rings. The van der Waals surface area contributed by atoms with E-state index in [2.05, 4.69) is 17.3 Å². The molecule has 1 aromatic carbocycles. The average molecular weight is 416 g/mol. The predicted octanol–water partition coefficient (Wildman–Crippen LogP) is 3.12. The first-order valence-electron chi connectivity index (χ1n) is 10.5. The minimum atomic E-state index is -0.403. The molecule has 2 bridgehead atoms. The monoisotopic (exact) mass is 416 g/mol. The summed E-state index contributed by atoms with van der Waals surface area (Å²) >= 11 is 0. The molecule has 7 nitrogen and oxygen atoms in total. The van der Waals surface area contributed by atoms with E-state index in [1.807, 2.05) is 0 Å². The van der Waals surface area contributed by atoms with E-state index in [-0.39, 0.29) is 35.5 Å². The van der Waals surface area contributed by atoms with Crippen LogP contribution in [0.25, 0.3) is 11.3 Å². The van der Waals surface area contributed by atoms with Gasteiger partial charge < -0.3 is 9.15 Å². The molecule has 7 heteroatoms. The van der Waals surface area contributed by atoms with Gasteiger partial charge >= 0.3 is 5.97 Å². The van der Waals surface area contributed by atoms with Gasteiger partial charge in [-0.2, -0.15) is 10.1 Å². The summed E-state index contributed by atoms with van der Waals surface area (Å²) in [7, 11) is 1.34. The summed E-state index contributed by atoms with van der Waals surface area (Å²) < 4.78 is 10.5. The van der Waals surface area contributed by atoms with Gasteiger partial charge in [0.2, 0.25) is 0 Å². The summed E-state index contributed by atoms with van der Waals surface area (Å²) in [5.74, 6) is 1.21. The Bertz CT molecular complexity index is 1120. The summed E-state index contributed by atoms with van der Waals surface area (Å²) in [4.78, 5) is 37.5. The molecule has 1 aliphatic heterocycles. The Kier molecular flexibility index (Phi) is 3.84. The number of methoxy groups -OCH3 is 1. The van der Waals surface area contributed by atoms with Crippen LogP contribution < -0.4 is 0 Å². The van der Waals surface area contributed by atoms with Crippen molar-refractivity contribution < 1.29 is 23.5 Å². The fourth-order valence-electron chi connectivity index (χ4n) is 5.64. The number of allylic oxidation sites excluding steroid dienone is 2. The van der Waals surface area contributed by atoms with Crippen LogP contribution in [0.4, 0.5) is 0 Å². The van der Waals surface area contributed by atoms with E-state index >= 15 is 0 Å². The highest BCUT2D eigenvalue weighted by molar-refractivity contribution is 6.06. The lowest BCUT2D eigenvalue weighted by atomic mass is 9.63. The molecule has 156 valence electrons. The fourth-order valence-corrected chi connectivity index (χ4v) is 5.64. The first-order chi connectivity index (χ1) is 15.1. The zero-order chi connectivity index (χ0) is 21.3. The number of ether oxygens (including phenoxy) is 1. The number of amides is 2. The summed E-state index contributed by atoms with van der Waals surface area (Å²) in [6.07, 6.45) is 6.83. The van der Waals surface area contributed by atoms with Crippen molar-refractivity contribution >= 4 is 24.0 Å². The van der Waals surface area contributed by atoms with Gasteiger partial charge in [0.1, 0.15) is 11.5 Å². The smallest absolute Gasteiger partial charge is 0.337 e. The molecule has 0 N–H and O–H groups in total. The molecule has 2 heterocycles. The number of furan rings is 1. The van der Waals surface area contributed by atoms with Crippen LogP contribution in [0.1, 0.15) is 22.5 Å². The van der Waals surface area contributed by atoms with Gasteiger partial charge in [0.25, 0.3) is 11.8 Å². The lowest BCUT2D eigenvalue weighted by molar-refractivity contribution is -0.140. The first kappa shape index (κ1) is 18.3. The van der Waals surface area contributed by atoms with E-state index in [0.717, 1.165) is 17.0 Å². The average Bonchev–Trinajstić information content (AvgIpc) is 3.44. The van der Waals surface area contributed by atoms with E-state index in [1.54, 1.807) is 36.4 Å². The highest BCUT2D eigenvalue weighted by Crippen LogP contribution is 2.65. The number of carbonyl (C=O) groups is 3. The molecule has 31 heavy (non-hydrogen) atoms. The summed E-state index contributed by atoms with van der Waals surface area (Å²) in [6.45, 7) is 0. The molecule has 1 aromatic heterocycles. The van der Waals surface area contributed by atoms with Gasteiger partial charge in [-0.05, 0) is 54.4 Å². The van der Waals surface area contributed by atoms with Crippen LogP contribution in [0, 0.1) is 35.5 Å². The Balaban J connectivity index is 1.20. The number of nitrogens with zero attached hydrogens (tertiary/aromatic N) is 2. The molecule has 1 saturated heterocycles. The Morgan fingerprint density at radius 3 is 2.29 bits per heavy atom. The zero-order valence-corrected chi connectivity index (χ0v) is 16.8. The summed E-state index contributed by atoms with van der Waals surface area (Å²) in [5.41, 5.74) is 1.24. The molecule has 2 saturated carbocycles. The Morgan fingerprint density at radius 1 is 1.03 bits per heavy atom. The van der Waals surface area contributed by atoms with E-state index in [9.17, 15) is 14.4 Å². The van der Waals surface area contributed by atoms with Crippen LogP contribution in [0.2, 0.25) is 0 Å². The number of carbonyl (C=O) groups excluding carboxylic acids is 3. The minimum Gasteiger partial charge on any atom is -0.465 e. The Morgan fingerprint density at radius 2 is 1.68 bits per heavy atom. The van der Waals surface area contributed by atoms with E-state index in [0.29, 0.717) is 28.9 Å². The first-order valence-corrected chi connectivity index (χ1v) is 10.5. The van der Waals surface area contributed by atoms with Crippen LogP contribution in [0.15, 0.2) is 58.1 Å². The van der Waals surface area contributed by atoms with Crippen LogP contribution >= 0.6 is 0 Å². The predicted molar refractivity (Wildman–Crippen MR) is 110 cm³/mol. The summed E-state index contributed by atoms with van der Waals surface area (Å²) in [6, 6.07) is 10.4. The molecular formula is C24H20N2O5. The number of rotatable bonds is 4. The van der Waals surface area contributed by atoms with E-state index in [1.165, 1.54) is 13.3 Å². The van der Waals surface area contributed by atoms with Crippen molar-refractivity contribution in [1.29, 1.82) is 0 Å². The molecule has 0 spiro atoms. The molecule has 4 aliphatic carbocycles. The lowest BCUT2D eigenvalue weighted by Gasteiger charge is -2.37. The maximum Gasteiger partial charge on any atom is 0.337 e. The van der Waals surface area contributed by atoms with Gasteiger partial charge in [-0.1, -0.05) is 24.3 Å². The number of esters is 1. The van der Waals surface area contributed by atoms with Gasteiger partial charge in [-0.15, -0.1) is 0 Å². The lowest BCUT2D eigenvalue weighted by Crippen LogP contribution is -2.40. The molecule has 5 aliphatic rings. The Labute approximate surface area is 178 Å². The van der Waals surface area contributed by atoms with Crippen LogP contribution in [-0.2, 0) is 14.3 Å². The molecular weight excluding hydrogens is 396 g/mol. The van der Waals surface area contributed by atoms with Crippen molar-refractivity contribution in [3.05, 3.63) is 59.9 Å². The van der Waals surface area contributed by atoms with Crippen LogP contribution in [0.3, 0.4) is 0 Å². The van der Waals surface area contributed by atoms with Crippen molar-refractivity contribution in [2.45, 2.75) is 6.42 Å². The molecule has 7 rings (SSSR count). The quantitative estimate of drug-likeness (QED) is 0.331. The van der Waals surface area contributed by atoms with Gasteiger partial charge in [-0.3, -0.25) is 9.59 Å². The second-order valence-electron chi connectivity index (χ2n) is 8.66. The largest absolute Gasteiger partial charge is 0.465 e. The van der Waals surface area contributed by atoms with Crippen molar-refractivity contribution in [3.63, 3.8) is 0 Å². The normalized spacial score (nSPS) is 32.5. The maximum absolute atomic E-state index is 13.0. The Hall–Kier alpha value is -3.48. The number of hydrazone groups is 1. The fraction of sp³-hybridized carbons (Fsp3) is 0.333. The topological polar surface area (TPSA) is 89.2 Å². The second-order valence-corrected chi connectivity index (χ2v) is 8.66. The minimum absolute atomic E-state index is 0.180. The van der Waals surface area contributed by atoms with Gasteiger partial charge in [0.15, 0.2) is 0 Å². The highest BCUT2D eigenvalue weighted by Gasteiger charge is 2.67. The third-order valence-corrected chi connectivity index (χ3v) is 7.16. The maximum atomic E-state index is 13.0. The van der Waals surface area contributed by atoms with Gasteiger partial charge in [-0.25, -0.2) is 4.79 Å². The van der Waals surface area contributed by atoms with Crippen LogP contribution in [0.5, 0.6) is 0 Å². The molecule has 2 amide bonds. The second kappa shape index (κ2) is 6.51. The number of benzene rings is 1. The van der Waals surface area contributed by atoms with E-state index < -0.39 is 5.97 Å². The van der Waals surface area contributed by atoms with Crippen molar-refractivity contribution in [2.24, 2.45) is 40.6 Å². The molecule has 6 atom stereocenters. The highest BCUT2D eigenvalue weighted by atomic mass is 16.5.